The normalized spacial score (nSPS) is 15.9. The molecule has 2 heterocycles. The van der Waals surface area contributed by atoms with Crippen molar-refractivity contribution in [2.75, 3.05) is 0 Å². The molecule has 0 bridgehead atoms. The van der Waals surface area contributed by atoms with Crippen LogP contribution in [0.1, 0.15) is 0 Å². The average Bonchev–Trinajstić information content (AvgIpc) is 2.78. The van der Waals surface area contributed by atoms with Gasteiger partial charge in [0.15, 0.2) is 0 Å². The number of para-hydroxylation sites is 4. The summed E-state index contributed by atoms with van der Waals surface area (Å²) in [6.45, 7) is 0. The molecule has 0 N–H and O–H groups in total. The molecule has 29 heavy (non-hydrogen) atoms. The van der Waals surface area contributed by atoms with E-state index in [1.165, 1.54) is 16.6 Å². The molecule has 138 valence electrons. The Morgan fingerprint density at radius 1 is 0.483 bits per heavy atom. The van der Waals surface area contributed by atoms with Crippen LogP contribution in [-0.4, -0.2) is 29.1 Å². The first-order valence-corrected chi connectivity index (χ1v) is 14.7. The third-order valence-corrected chi connectivity index (χ3v) is 16.1. The second kappa shape index (κ2) is 7.11. The molecule has 0 amide bonds. The minimum atomic E-state index is -1.97. The molecule has 0 saturated carbocycles. The third kappa shape index (κ3) is 2.93. The molecule has 2 unspecified atom stereocenters. The van der Waals surface area contributed by atoms with Crippen molar-refractivity contribution in [3.05, 3.63) is 116 Å². The summed E-state index contributed by atoms with van der Waals surface area (Å²) < 4.78 is 12.3. The van der Waals surface area contributed by atoms with E-state index in [1.807, 2.05) is 0 Å². The van der Waals surface area contributed by atoms with Crippen LogP contribution in [0.2, 0.25) is 0 Å². The predicted octanol–water partition coefficient (Wildman–Crippen LogP) is 2.40. The first-order valence-electron chi connectivity index (χ1n) is 9.46. The van der Waals surface area contributed by atoms with Crippen LogP contribution in [0.5, 0.6) is 0 Å². The maximum absolute atomic E-state index is 7.21. The van der Waals surface area contributed by atoms with E-state index in [4.69, 9.17) is 12.7 Å². The molecule has 4 aromatic carbocycles. The Morgan fingerprint density at radius 3 is 1.41 bits per heavy atom. The van der Waals surface area contributed by atoms with Crippen LogP contribution in [0, 0.1) is 7.90 Å². The van der Waals surface area contributed by atoms with Gasteiger partial charge in [-0.2, -0.15) is 0 Å². The van der Waals surface area contributed by atoms with Gasteiger partial charge in [-0.25, -0.2) is 0 Å². The zero-order chi connectivity index (χ0) is 19.2. The summed E-state index contributed by atoms with van der Waals surface area (Å²) in [5.74, 6) is 0. The Balaban J connectivity index is 1.69. The molecule has 2 atom stereocenters. The summed E-state index contributed by atoms with van der Waals surface area (Å²) in [7, 11) is 0. The summed E-state index contributed by atoms with van der Waals surface area (Å²) in [6, 6.07) is 33.9. The Hall–Kier alpha value is -2.44. The fourth-order valence-electron chi connectivity index (χ4n) is 3.70. The van der Waals surface area contributed by atoms with E-state index in [0.29, 0.717) is 0 Å². The van der Waals surface area contributed by atoms with Crippen LogP contribution in [0.4, 0.5) is 11.4 Å². The number of fused-ring (bicyclic) bond motifs is 4. The van der Waals surface area contributed by atoms with E-state index in [1.54, 1.807) is 0 Å². The second-order valence-corrected chi connectivity index (χ2v) is 15.5. The fraction of sp³-hybridized carbons (Fsp3) is 0. The Morgan fingerprint density at radius 2 is 0.897 bits per heavy atom. The second-order valence-electron chi connectivity index (χ2n) is 6.85. The zero-order valence-corrected chi connectivity index (χ0v) is 19.2. The molecule has 3 nitrogen and oxygen atoms in total. The summed E-state index contributed by atoms with van der Waals surface area (Å²) in [4.78, 5) is 9.79. The molecule has 0 fully saturated rings. The van der Waals surface area contributed by atoms with E-state index >= 15 is 0 Å². The van der Waals surface area contributed by atoms with E-state index < -0.39 is 29.1 Å². The van der Waals surface area contributed by atoms with Crippen LogP contribution in [-0.2, 0) is 2.72 Å². The Kier molecular flexibility index (Phi) is 4.27. The predicted molar refractivity (Wildman–Crippen MR) is 117 cm³/mol. The number of benzene rings is 4. The molecule has 0 saturated heterocycles. The monoisotopic (exact) mass is 498 g/mol. The molecule has 2 aliphatic rings. The van der Waals surface area contributed by atoms with Crippen molar-refractivity contribution in [3.8, 4) is 0 Å². The maximum atomic E-state index is 7.21. The van der Waals surface area contributed by atoms with Gasteiger partial charge >= 0.3 is 178 Å². The molecule has 0 spiro atoms. The van der Waals surface area contributed by atoms with Gasteiger partial charge in [-0.1, -0.05) is 0 Å². The van der Waals surface area contributed by atoms with Crippen molar-refractivity contribution in [2.24, 2.45) is 9.98 Å². The number of hydrogen-bond acceptors (Lipinski definition) is 3. The van der Waals surface area contributed by atoms with Gasteiger partial charge in [0.05, 0.1) is 0 Å². The molecule has 6 rings (SSSR count). The number of hydrogen-bond donors (Lipinski definition) is 0. The molecule has 0 aliphatic carbocycles. The van der Waals surface area contributed by atoms with Crippen molar-refractivity contribution in [2.45, 2.75) is 0 Å². The van der Waals surface area contributed by atoms with Gasteiger partial charge in [-0.3, -0.25) is 0 Å². The average molecular weight is 498 g/mol. The van der Waals surface area contributed by atoms with Crippen molar-refractivity contribution in [1.29, 1.82) is 0 Å². The zero-order valence-electron chi connectivity index (χ0n) is 15.4. The van der Waals surface area contributed by atoms with Gasteiger partial charge in [0.25, 0.3) is 0 Å². The standard InChI is InChI=1S/C24H16As2N2O/c1-5-13-21-17(9-1)25(18-10-2-6-14-22(18)27-21)29-26-19-11-3-7-15-23(19)28-24-16-8-4-12-20(24)26/h1-16H. The van der Waals surface area contributed by atoms with Gasteiger partial charge in [-0.05, 0) is 0 Å². The first kappa shape index (κ1) is 17.4. The summed E-state index contributed by atoms with van der Waals surface area (Å²) in [5.41, 5.74) is 2.12. The Labute approximate surface area is 177 Å². The fourth-order valence-corrected chi connectivity index (χ4v) is 16.1. The van der Waals surface area contributed by atoms with E-state index in [0.717, 1.165) is 22.1 Å². The van der Waals surface area contributed by atoms with Gasteiger partial charge in [-0.15, -0.1) is 0 Å². The Bertz CT molecular complexity index is 1430. The van der Waals surface area contributed by atoms with Crippen LogP contribution in [0.15, 0.2) is 107 Å². The summed E-state index contributed by atoms with van der Waals surface area (Å²) in [6.07, 6.45) is 0. The van der Waals surface area contributed by atoms with Crippen molar-refractivity contribution in [1.82, 2.24) is 0 Å². The summed E-state index contributed by atoms with van der Waals surface area (Å²) in [5, 5.41) is 2.12. The molecule has 2 aliphatic heterocycles. The molecule has 2 radical (unpaired) electrons. The number of rotatable bonds is 2. The van der Waals surface area contributed by atoms with Crippen LogP contribution < -0.4 is 19.4 Å². The van der Waals surface area contributed by atoms with Crippen molar-refractivity contribution >= 4 is 49.2 Å². The van der Waals surface area contributed by atoms with Gasteiger partial charge in [0, 0.05) is 0 Å². The van der Waals surface area contributed by atoms with Crippen LogP contribution >= 0.6 is 0 Å². The van der Waals surface area contributed by atoms with E-state index in [2.05, 4.69) is 97.1 Å². The van der Waals surface area contributed by atoms with Crippen LogP contribution in [0.25, 0.3) is 0 Å². The van der Waals surface area contributed by atoms with E-state index in [-0.39, 0.29) is 0 Å². The molecule has 5 heteroatoms. The third-order valence-electron chi connectivity index (χ3n) is 5.05. The van der Waals surface area contributed by atoms with Crippen molar-refractivity contribution < 1.29 is 2.72 Å². The molecular weight excluding hydrogens is 482 g/mol. The first-order chi connectivity index (χ1) is 14.4. The van der Waals surface area contributed by atoms with E-state index in [9.17, 15) is 0 Å². The molecule has 0 aromatic heterocycles. The molecule has 4 aromatic rings. The SMILES string of the molecule is c1ccc2c(c1)N=c1ccccc1=[As]2O[As]1=c2ccccc2=Nc2ccccc21. The minimum absolute atomic E-state index is 1.06. The van der Waals surface area contributed by atoms with Crippen LogP contribution in [0.3, 0.4) is 0 Å². The number of nitrogens with zero attached hydrogens (tertiary/aromatic N) is 2. The quantitative estimate of drug-likeness (QED) is 0.391. The summed E-state index contributed by atoms with van der Waals surface area (Å²) >= 11 is -3.94. The van der Waals surface area contributed by atoms with Gasteiger partial charge in [0.1, 0.15) is 0 Å². The van der Waals surface area contributed by atoms with Gasteiger partial charge < -0.3 is 0 Å². The van der Waals surface area contributed by atoms with Crippen molar-refractivity contribution in [3.63, 3.8) is 0 Å². The topological polar surface area (TPSA) is 34.0 Å². The molecular formula is C24H16As2N2O. The van der Waals surface area contributed by atoms with Gasteiger partial charge in [0.2, 0.25) is 0 Å².